The Morgan fingerprint density at radius 2 is 1.81 bits per heavy atom. The summed E-state index contributed by atoms with van der Waals surface area (Å²) in [6.45, 7) is 0.712. The smallest absolute Gasteiger partial charge is 0.261 e. The molecule has 0 saturated carbocycles. The Hall–Kier alpha value is -1.50. The Balaban J connectivity index is 2.21. The fraction of sp³-hybridized carbons (Fsp3) is 0.200. The van der Waals surface area contributed by atoms with Crippen LogP contribution in [0.4, 0.5) is 5.69 Å². The molecule has 0 aliphatic rings. The highest BCUT2D eigenvalue weighted by Crippen LogP contribution is 2.21. The van der Waals surface area contributed by atoms with Gasteiger partial charge >= 0.3 is 0 Å². The molecule has 0 atom stereocenters. The molecule has 112 valence electrons. The van der Waals surface area contributed by atoms with Gasteiger partial charge in [-0.25, -0.2) is 8.42 Å². The van der Waals surface area contributed by atoms with Gasteiger partial charge in [-0.1, -0.05) is 18.2 Å². The average molecular weight is 322 g/mol. The first-order valence-corrected chi connectivity index (χ1v) is 9.16. The third-order valence-electron chi connectivity index (χ3n) is 2.94. The van der Waals surface area contributed by atoms with Crippen LogP contribution in [0.5, 0.6) is 0 Å². The van der Waals surface area contributed by atoms with Gasteiger partial charge in [-0.2, -0.15) is 0 Å². The van der Waals surface area contributed by atoms with E-state index in [-0.39, 0.29) is 4.90 Å². The van der Waals surface area contributed by atoms with Gasteiger partial charge in [0.15, 0.2) is 0 Å². The Morgan fingerprint density at radius 1 is 1.10 bits per heavy atom. The fourth-order valence-electron chi connectivity index (χ4n) is 1.89. The number of thioether (sulfide) groups is 1. The molecule has 0 radical (unpaired) electrons. The van der Waals surface area contributed by atoms with Crippen molar-refractivity contribution in [3.8, 4) is 0 Å². The van der Waals surface area contributed by atoms with Crippen LogP contribution >= 0.6 is 11.8 Å². The van der Waals surface area contributed by atoms with Gasteiger partial charge < -0.3 is 5.32 Å². The molecular weight excluding hydrogens is 304 g/mol. The number of hydrogen-bond acceptors (Lipinski definition) is 4. The van der Waals surface area contributed by atoms with Crippen LogP contribution in [0.2, 0.25) is 0 Å². The van der Waals surface area contributed by atoms with Crippen LogP contribution in [0.15, 0.2) is 58.3 Å². The molecule has 0 saturated heterocycles. The van der Waals surface area contributed by atoms with Gasteiger partial charge in [0.1, 0.15) is 0 Å². The second-order valence-electron chi connectivity index (χ2n) is 4.51. The Bertz CT molecular complexity index is 698. The van der Waals surface area contributed by atoms with E-state index >= 15 is 0 Å². The Labute approximate surface area is 130 Å². The van der Waals surface area contributed by atoms with Gasteiger partial charge in [0.05, 0.1) is 4.90 Å². The second-order valence-corrected chi connectivity index (χ2v) is 7.07. The van der Waals surface area contributed by atoms with Gasteiger partial charge in [0, 0.05) is 17.1 Å². The number of nitrogens with one attached hydrogen (secondary N) is 2. The van der Waals surface area contributed by atoms with Crippen molar-refractivity contribution in [1.82, 2.24) is 5.32 Å². The van der Waals surface area contributed by atoms with E-state index in [0.29, 0.717) is 12.2 Å². The second kappa shape index (κ2) is 6.98. The van der Waals surface area contributed by atoms with Crippen LogP contribution in [-0.4, -0.2) is 21.7 Å². The van der Waals surface area contributed by atoms with E-state index in [4.69, 9.17) is 0 Å². The molecule has 0 fully saturated rings. The lowest BCUT2D eigenvalue weighted by atomic mass is 10.2. The van der Waals surface area contributed by atoms with Crippen LogP contribution < -0.4 is 10.0 Å². The van der Waals surface area contributed by atoms with E-state index < -0.39 is 10.0 Å². The minimum atomic E-state index is -3.55. The summed E-state index contributed by atoms with van der Waals surface area (Å²) in [5.74, 6) is 0. The largest absolute Gasteiger partial charge is 0.316 e. The molecule has 0 aromatic heterocycles. The topological polar surface area (TPSA) is 58.2 Å². The standard InChI is InChI=1S/C15H18N2O2S2/c1-16-11-12-6-8-15(9-7-12)21(18,19)17-13-4-3-5-14(10-13)20-2/h3-10,16-17H,11H2,1-2H3. The van der Waals surface area contributed by atoms with E-state index in [2.05, 4.69) is 10.0 Å². The average Bonchev–Trinajstić information content (AvgIpc) is 2.48. The maximum absolute atomic E-state index is 12.3. The summed E-state index contributed by atoms with van der Waals surface area (Å²) in [6.07, 6.45) is 1.95. The van der Waals surface area contributed by atoms with Crippen LogP contribution in [-0.2, 0) is 16.6 Å². The van der Waals surface area contributed by atoms with E-state index in [1.54, 1.807) is 30.0 Å². The molecule has 2 aromatic rings. The number of benzene rings is 2. The normalized spacial score (nSPS) is 11.3. The number of rotatable bonds is 6. The molecular formula is C15H18N2O2S2. The Kier molecular flexibility index (Phi) is 5.27. The number of anilines is 1. The first-order valence-electron chi connectivity index (χ1n) is 6.45. The molecule has 2 aromatic carbocycles. The molecule has 0 aliphatic heterocycles. The molecule has 0 aliphatic carbocycles. The number of sulfonamides is 1. The van der Waals surface area contributed by atoms with E-state index in [1.165, 1.54) is 0 Å². The molecule has 2 N–H and O–H groups in total. The molecule has 0 heterocycles. The molecule has 2 rings (SSSR count). The van der Waals surface area contributed by atoms with Gasteiger partial charge in [-0.3, -0.25) is 4.72 Å². The maximum Gasteiger partial charge on any atom is 0.261 e. The molecule has 0 spiro atoms. The van der Waals surface area contributed by atoms with E-state index in [9.17, 15) is 8.42 Å². The third-order valence-corrected chi connectivity index (χ3v) is 5.06. The first-order chi connectivity index (χ1) is 10.0. The quantitative estimate of drug-likeness (QED) is 0.803. The Morgan fingerprint density at radius 3 is 2.43 bits per heavy atom. The van der Waals surface area contributed by atoms with Crippen molar-refractivity contribution in [2.45, 2.75) is 16.3 Å². The van der Waals surface area contributed by atoms with Crippen molar-refractivity contribution in [3.05, 3.63) is 54.1 Å². The predicted octanol–water partition coefficient (Wildman–Crippen LogP) is 2.93. The zero-order valence-electron chi connectivity index (χ0n) is 12.0. The molecule has 6 heteroatoms. The molecule has 0 bridgehead atoms. The van der Waals surface area contributed by atoms with Crippen molar-refractivity contribution in [3.63, 3.8) is 0 Å². The minimum absolute atomic E-state index is 0.261. The third kappa shape index (κ3) is 4.23. The van der Waals surface area contributed by atoms with Crippen molar-refractivity contribution in [2.24, 2.45) is 0 Å². The van der Waals surface area contributed by atoms with Gasteiger partial charge in [-0.05, 0) is 49.2 Å². The lowest BCUT2D eigenvalue weighted by Crippen LogP contribution is -2.13. The van der Waals surface area contributed by atoms with Gasteiger partial charge in [-0.15, -0.1) is 11.8 Å². The highest BCUT2D eigenvalue weighted by atomic mass is 32.2. The predicted molar refractivity (Wildman–Crippen MR) is 88.2 cm³/mol. The summed E-state index contributed by atoms with van der Waals surface area (Å²) in [4.78, 5) is 1.27. The first kappa shape index (κ1) is 15.9. The molecule has 4 nitrogen and oxygen atoms in total. The van der Waals surface area contributed by atoms with Crippen LogP contribution in [0.1, 0.15) is 5.56 Å². The van der Waals surface area contributed by atoms with Crippen LogP contribution in [0.25, 0.3) is 0 Å². The minimum Gasteiger partial charge on any atom is -0.316 e. The summed E-state index contributed by atoms with van der Waals surface area (Å²) in [5, 5.41) is 3.03. The maximum atomic E-state index is 12.3. The number of hydrogen-bond donors (Lipinski definition) is 2. The van der Waals surface area contributed by atoms with Gasteiger partial charge in [0.2, 0.25) is 0 Å². The van der Waals surface area contributed by atoms with Crippen molar-refractivity contribution < 1.29 is 8.42 Å². The van der Waals surface area contributed by atoms with Crippen molar-refractivity contribution >= 4 is 27.5 Å². The highest BCUT2D eigenvalue weighted by Gasteiger charge is 2.14. The van der Waals surface area contributed by atoms with Crippen molar-refractivity contribution in [1.29, 1.82) is 0 Å². The van der Waals surface area contributed by atoms with E-state index in [1.807, 2.05) is 43.6 Å². The van der Waals surface area contributed by atoms with E-state index in [0.717, 1.165) is 10.5 Å². The van der Waals surface area contributed by atoms with Gasteiger partial charge in [0.25, 0.3) is 10.0 Å². The summed E-state index contributed by atoms with van der Waals surface area (Å²) in [5.41, 5.74) is 1.61. The molecule has 0 unspecified atom stereocenters. The molecule has 0 amide bonds. The van der Waals surface area contributed by atoms with Crippen LogP contribution in [0, 0.1) is 0 Å². The summed E-state index contributed by atoms with van der Waals surface area (Å²) < 4.78 is 27.3. The molecule has 21 heavy (non-hydrogen) atoms. The SMILES string of the molecule is CNCc1ccc(S(=O)(=O)Nc2cccc(SC)c2)cc1. The highest BCUT2D eigenvalue weighted by molar-refractivity contribution is 7.98. The monoisotopic (exact) mass is 322 g/mol. The zero-order valence-corrected chi connectivity index (χ0v) is 13.6. The summed E-state index contributed by atoms with van der Waals surface area (Å²) in [7, 11) is -1.70. The lowest BCUT2D eigenvalue weighted by molar-refractivity contribution is 0.601. The zero-order chi connectivity index (χ0) is 15.3. The summed E-state index contributed by atoms with van der Waals surface area (Å²) in [6, 6.07) is 14.2. The van der Waals surface area contributed by atoms with Crippen LogP contribution in [0.3, 0.4) is 0 Å². The fourth-order valence-corrected chi connectivity index (χ4v) is 3.40. The summed E-state index contributed by atoms with van der Waals surface area (Å²) >= 11 is 1.57. The van der Waals surface area contributed by atoms with Crippen molar-refractivity contribution in [2.75, 3.05) is 18.0 Å². The lowest BCUT2D eigenvalue weighted by Gasteiger charge is -2.09.